The van der Waals surface area contributed by atoms with Gasteiger partial charge in [0.1, 0.15) is 6.10 Å². The summed E-state index contributed by atoms with van der Waals surface area (Å²) >= 11 is 0. The van der Waals surface area contributed by atoms with Gasteiger partial charge in [0.15, 0.2) is 0 Å². The Morgan fingerprint density at radius 1 is 1.12 bits per heavy atom. The van der Waals surface area contributed by atoms with Crippen LogP contribution in [0.5, 0.6) is 0 Å². The topological polar surface area (TPSA) is 123 Å². The lowest BCUT2D eigenvalue weighted by Gasteiger charge is -2.27. The van der Waals surface area contributed by atoms with Crippen LogP contribution in [0.4, 0.5) is 5.69 Å². The van der Waals surface area contributed by atoms with E-state index in [0.717, 1.165) is 34.0 Å². The SMILES string of the molecule is CCc1cn2c3c(cc(C(=O)N[C@@H](Cc4ccccc4)[C@@H](CNCc4ccncc4)OC=O)cc13)N(C)S(=O)(=O)CC2. The zero-order valence-electron chi connectivity index (χ0n) is 23.7. The average Bonchev–Trinajstić information content (AvgIpc) is 3.33. The predicted molar refractivity (Wildman–Crippen MR) is 162 cm³/mol. The monoisotopic (exact) mass is 589 g/mol. The number of amides is 1. The summed E-state index contributed by atoms with van der Waals surface area (Å²) in [5, 5.41) is 7.26. The van der Waals surface area contributed by atoms with Gasteiger partial charge in [-0.3, -0.25) is 18.9 Å². The third kappa shape index (κ3) is 6.32. The molecule has 0 unspecified atom stereocenters. The first-order valence-corrected chi connectivity index (χ1v) is 15.6. The minimum absolute atomic E-state index is 0.0248. The normalized spacial score (nSPS) is 15.5. The lowest BCUT2D eigenvalue weighted by Crippen LogP contribution is -2.50. The number of rotatable bonds is 12. The number of hydrogen-bond donors (Lipinski definition) is 2. The van der Waals surface area contributed by atoms with Crippen LogP contribution in [0.15, 0.2) is 73.2 Å². The first kappa shape index (κ1) is 29.3. The smallest absolute Gasteiger partial charge is 0.293 e. The van der Waals surface area contributed by atoms with Crippen LogP contribution in [-0.2, 0) is 45.5 Å². The van der Waals surface area contributed by atoms with E-state index in [1.165, 1.54) is 11.4 Å². The number of ether oxygens (including phenoxy) is 1. The molecule has 1 aliphatic heterocycles. The van der Waals surface area contributed by atoms with E-state index >= 15 is 0 Å². The number of aryl methyl sites for hydroxylation is 2. The molecule has 4 aromatic rings. The molecule has 2 aromatic carbocycles. The summed E-state index contributed by atoms with van der Waals surface area (Å²) in [6.45, 7) is 3.61. The van der Waals surface area contributed by atoms with Crippen LogP contribution >= 0.6 is 0 Å². The van der Waals surface area contributed by atoms with Crippen molar-refractivity contribution in [2.75, 3.05) is 23.7 Å². The molecule has 0 aliphatic carbocycles. The predicted octanol–water partition coefficient (Wildman–Crippen LogP) is 3.05. The maximum absolute atomic E-state index is 13.9. The van der Waals surface area contributed by atoms with Gasteiger partial charge in [0.05, 0.1) is 23.0 Å². The van der Waals surface area contributed by atoms with Crippen molar-refractivity contribution in [2.45, 2.75) is 45.0 Å². The molecule has 2 aromatic heterocycles. The Labute approximate surface area is 245 Å². The van der Waals surface area contributed by atoms with E-state index in [2.05, 4.69) is 15.6 Å². The van der Waals surface area contributed by atoms with Crippen molar-refractivity contribution in [2.24, 2.45) is 0 Å². The summed E-state index contributed by atoms with van der Waals surface area (Å²) in [6.07, 6.45) is 5.88. The third-order valence-electron chi connectivity index (χ3n) is 7.74. The molecular weight excluding hydrogens is 554 g/mol. The van der Waals surface area contributed by atoms with Crippen LogP contribution in [0.1, 0.15) is 34.0 Å². The van der Waals surface area contributed by atoms with Crippen molar-refractivity contribution < 1.29 is 22.7 Å². The van der Waals surface area contributed by atoms with Crippen LogP contribution < -0.4 is 14.9 Å². The largest absolute Gasteiger partial charge is 0.461 e. The zero-order valence-corrected chi connectivity index (χ0v) is 24.5. The Morgan fingerprint density at radius 3 is 2.60 bits per heavy atom. The molecule has 42 heavy (non-hydrogen) atoms. The van der Waals surface area contributed by atoms with Gasteiger partial charge in [0.2, 0.25) is 10.0 Å². The molecule has 0 spiro atoms. The molecular formula is C31H35N5O5S. The highest BCUT2D eigenvalue weighted by Crippen LogP contribution is 2.35. The lowest BCUT2D eigenvalue weighted by atomic mass is 9.99. The Morgan fingerprint density at radius 2 is 1.88 bits per heavy atom. The number of aromatic nitrogens is 2. The fraction of sp³-hybridized carbons (Fsp3) is 0.323. The number of nitrogens with one attached hydrogen (secondary N) is 2. The van der Waals surface area contributed by atoms with Gasteiger partial charge < -0.3 is 19.9 Å². The first-order valence-electron chi connectivity index (χ1n) is 14.0. The minimum atomic E-state index is -3.55. The number of anilines is 1. The van der Waals surface area contributed by atoms with Crippen molar-refractivity contribution >= 4 is 39.0 Å². The Bertz CT molecular complexity index is 1660. The van der Waals surface area contributed by atoms with Crippen molar-refractivity contribution in [3.63, 3.8) is 0 Å². The van der Waals surface area contributed by atoms with Crippen LogP contribution in [0.2, 0.25) is 0 Å². The van der Waals surface area contributed by atoms with E-state index in [9.17, 15) is 18.0 Å². The van der Waals surface area contributed by atoms with E-state index in [0.29, 0.717) is 43.8 Å². The van der Waals surface area contributed by atoms with E-state index in [-0.39, 0.29) is 11.7 Å². The standard InChI is InChI=1S/C31H35N5O5S/c1-3-24-20-36-13-14-42(39,40)35(2)28-17-25(16-26(24)30(28)36)31(38)34-27(15-22-7-5-4-6-8-22)29(41-21-37)19-33-18-23-9-11-32-12-10-23/h4-12,16-17,20-21,27,29,33H,3,13-15,18-19H2,1-2H3,(H,34,38)/t27-,29+/m0/s1. The van der Waals surface area contributed by atoms with Gasteiger partial charge in [-0.05, 0) is 53.8 Å². The molecule has 1 aliphatic rings. The van der Waals surface area contributed by atoms with Crippen molar-refractivity contribution in [3.8, 4) is 0 Å². The fourth-order valence-electron chi connectivity index (χ4n) is 5.43. The summed E-state index contributed by atoms with van der Waals surface area (Å²) in [5.74, 6) is -0.407. The zero-order chi connectivity index (χ0) is 29.7. The third-order valence-corrected chi connectivity index (χ3v) is 9.47. The maximum atomic E-state index is 13.9. The Kier molecular flexibility index (Phi) is 8.89. The number of sulfonamides is 1. The van der Waals surface area contributed by atoms with Crippen LogP contribution in [0, 0.1) is 0 Å². The second-order valence-electron chi connectivity index (χ2n) is 10.4. The molecule has 1 amide bonds. The second-order valence-corrected chi connectivity index (χ2v) is 12.5. The summed E-state index contributed by atoms with van der Waals surface area (Å²) in [6, 6.07) is 16.3. The van der Waals surface area contributed by atoms with Gasteiger partial charge in [0, 0.05) is 56.2 Å². The molecule has 220 valence electrons. The highest BCUT2D eigenvalue weighted by molar-refractivity contribution is 7.92. The van der Waals surface area contributed by atoms with E-state index in [4.69, 9.17) is 4.74 Å². The number of carbonyl (C=O) groups excluding carboxylic acids is 2. The molecule has 0 saturated carbocycles. The number of benzene rings is 2. The minimum Gasteiger partial charge on any atom is -0.461 e. The maximum Gasteiger partial charge on any atom is 0.293 e. The number of pyridine rings is 1. The summed E-state index contributed by atoms with van der Waals surface area (Å²) in [4.78, 5) is 29.5. The van der Waals surface area contributed by atoms with Crippen molar-refractivity contribution in [1.29, 1.82) is 0 Å². The molecule has 0 bridgehead atoms. The van der Waals surface area contributed by atoms with Crippen LogP contribution in [-0.4, -0.2) is 61.8 Å². The second kappa shape index (κ2) is 12.7. The quantitative estimate of drug-likeness (QED) is 0.244. The highest BCUT2D eigenvalue weighted by Gasteiger charge is 2.30. The first-order chi connectivity index (χ1) is 20.3. The number of nitrogens with zero attached hydrogens (tertiary/aromatic N) is 3. The van der Waals surface area contributed by atoms with Crippen LogP contribution in [0.3, 0.4) is 0 Å². The molecule has 2 atom stereocenters. The molecule has 0 radical (unpaired) electrons. The molecule has 10 nitrogen and oxygen atoms in total. The molecule has 0 fully saturated rings. The Hall–Kier alpha value is -4.22. The highest BCUT2D eigenvalue weighted by atomic mass is 32.2. The molecule has 3 heterocycles. The fourth-order valence-corrected chi connectivity index (χ4v) is 6.57. The van der Waals surface area contributed by atoms with Gasteiger partial charge in [-0.15, -0.1) is 0 Å². The van der Waals surface area contributed by atoms with E-state index in [1.807, 2.05) is 66.2 Å². The lowest BCUT2D eigenvalue weighted by molar-refractivity contribution is -0.134. The van der Waals surface area contributed by atoms with Gasteiger partial charge in [-0.25, -0.2) is 8.42 Å². The molecule has 5 rings (SSSR count). The van der Waals surface area contributed by atoms with Crippen LogP contribution in [0.25, 0.3) is 10.9 Å². The number of hydrogen-bond acceptors (Lipinski definition) is 7. The number of carbonyl (C=O) groups is 2. The van der Waals surface area contributed by atoms with Gasteiger partial charge >= 0.3 is 0 Å². The average molecular weight is 590 g/mol. The van der Waals surface area contributed by atoms with E-state index < -0.39 is 22.2 Å². The Balaban J connectivity index is 1.46. The molecule has 2 N–H and O–H groups in total. The van der Waals surface area contributed by atoms with Gasteiger partial charge in [0.25, 0.3) is 12.4 Å². The van der Waals surface area contributed by atoms with Crippen molar-refractivity contribution in [1.82, 2.24) is 20.2 Å². The summed E-state index contributed by atoms with van der Waals surface area (Å²) < 4.78 is 34.6. The summed E-state index contributed by atoms with van der Waals surface area (Å²) in [5.41, 5.74) is 4.63. The van der Waals surface area contributed by atoms with Gasteiger partial charge in [-0.2, -0.15) is 0 Å². The molecule has 11 heteroatoms. The van der Waals surface area contributed by atoms with Crippen molar-refractivity contribution in [3.05, 3.63) is 95.4 Å². The summed E-state index contributed by atoms with van der Waals surface area (Å²) in [7, 11) is -2.02. The van der Waals surface area contributed by atoms with E-state index in [1.54, 1.807) is 18.5 Å². The molecule has 0 saturated heterocycles. The van der Waals surface area contributed by atoms with Gasteiger partial charge in [-0.1, -0.05) is 37.3 Å².